The maximum absolute atomic E-state index is 12.1. The van der Waals surface area contributed by atoms with Crippen molar-refractivity contribution in [3.05, 3.63) is 35.7 Å². The molecule has 39 heavy (non-hydrogen) atoms. The average Bonchev–Trinajstić information content (AvgIpc) is 3.15. The molecule has 0 saturated carbocycles. The predicted octanol–water partition coefficient (Wildman–Crippen LogP) is 6.63. The zero-order chi connectivity index (χ0) is 27.7. The monoisotopic (exact) mass is 680 g/mol. The Labute approximate surface area is 254 Å². The molecule has 2 aromatic rings. The van der Waals surface area contributed by atoms with Gasteiger partial charge in [-0.05, 0) is 87.9 Å². The molecule has 8 nitrogen and oxygen atoms in total. The SMILES string of the molecule is C[C@@H]1C[C@H](C)CN(Sc2cnc3c(c2)/C(=N/I)c2cc(SN4CCC(NC(=O)OC(C)(C)C)CC4)cnc2-3)C1. The van der Waals surface area contributed by atoms with E-state index < -0.39 is 5.60 Å². The van der Waals surface area contributed by atoms with Crippen molar-refractivity contribution in [2.45, 2.75) is 75.3 Å². The van der Waals surface area contributed by atoms with E-state index in [1.54, 1.807) is 11.9 Å². The van der Waals surface area contributed by atoms with Crippen LogP contribution in [0.2, 0.25) is 0 Å². The van der Waals surface area contributed by atoms with Gasteiger partial charge in [-0.2, -0.15) is 0 Å². The van der Waals surface area contributed by atoms with Crippen molar-refractivity contribution in [2.75, 3.05) is 26.2 Å². The van der Waals surface area contributed by atoms with Crippen molar-refractivity contribution in [3.63, 3.8) is 0 Å². The molecule has 4 heterocycles. The number of carbonyl (C=O) groups excluding carboxylic acids is 1. The van der Waals surface area contributed by atoms with Crippen LogP contribution in [0, 0.1) is 11.8 Å². The van der Waals surface area contributed by atoms with Gasteiger partial charge in [-0.25, -0.2) is 16.6 Å². The van der Waals surface area contributed by atoms with Gasteiger partial charge in [0.2, 0.25) is 0 Å². The number of carbonyl (C=O) groups is 1. The molecule has 0 aromatic carbocycles. The maximum Gasteiger partial charge on any atom is 0.407 e. The number of amides is 1. The van der Waals surface area contributed by atoms with E-state index in [0.29, 0.717) is 11.8 Å². The lowest BCUT2D eigenvalue weighted by molar-refractivity contribution is 0.0490. The lowest BCUT2D eigenvalue weighted by Gasteiger charge is -2.33. The van der Waals surface area contributed by atoms with Crippen LogP contribution in [0.15, 0.2) is 37.5 Å². The highest BCUT2D eigenvalue weighted by molar-refractivity contribution is 14.1. The second kappa shape index (κ2) is 12.2. The largest absolute Gasteiger partial charge is 0.444 e. The molecule has 0 spiro atoms. The molecule has 0 radical (unpaired) electrons. The lowest BCUT2D eigenvalue weighted by atomic mass is 9.94. The third-order valence-corrected chi connectivity index (χ3v) is 9.55. The van der Waals surface area contributed by atoms with Crippen LogP contribution >= 0.6 is 46.8 Å². The van der Waals surface area contributed by atoms with E-state index in [2.05, 4.69) is 66.0 Å². The third-order valence-electron chi connectivity index (χ3n) is 7.02. The van der Waals surface area contributed by atoms with Crippen molar-refractivity contribution in [1.29, 1.82) is 0 Å². The molecule has 3 aliphatic rings. The number of fused-ring (bicyclic) bond motifs is 3. The van der Waals surface area contributed by atoms with Crippen LogP contribution in [-0.2, 0) is 4.74 Å². The Bertz CT molecular complexity index is 1240. The molecule has 2 saturated heterocycles. The summed E-state index contributed by atoms with van der Waals surface area (Å²) in [6.07, 6.45) is 6.65. The molecule has 5 rings (SSSR count). The summed E-state index contributed by atoms with van der Waals surface area (Å²) in [4.78, 5) is 24.0. The highest BCUT2D eigenvalue weighted by atomic mass is 127. The Morgan fingerprint density at radius 2 is 1.54 bits per heavy atom. The van der Waals surface area contributed by atoms with E-state index in [9.17, 15) is 4.79 Å². The normalized spacial score (nSPS) is 23.5. The number of nitrogens with one attached hydrogen (secondary N) is 1. The lowest BCUT2D eigenvalue weighted by Crippen LogP contribution is -2.44. The summed E-state index contributed by atoms with van der Waals surface area (Å²) in [6, 6.07) is 4.56. The summed E-state index contributed by atoms with van der Waals surface area (Å²) in [6.45, 7) is 14.3. The zero-order valence-electron chi connectivity index (χ0n) is 23.2. The van der Waals surface area contributed by atoms with Crippen molar-refractivity contribution in [1.82, 2.24) is 23.9 Å². The number of hydrogen-bond donors (Lipinski definition) is 1. The summed E-state index contributed by atoms with van der Waals surface area (Å²) < 4.78 is 14.9. The average molecular weight is 681 g/mol. The van der Waals surface area contributed by atoms with Crippen molar-refractivity contribution in [2.24, 2.45) is 15.0 Å². The minimum Gasteiger partial charge on any atom is -0.444 e. The number of halogens is 1. The Hall–Kier alpha value is -1.41. The number of aromatic nitrogens is 2. The van der Waals surface area contributed by atoms with Crippen LogP contribution in [0.4, 0.5) is 4.79 Å². The van der Waals surface area contributed by atoms with Crippen LogP contribution in [0.3, 0.4) is 0 Å². The molecular formula is C28H37IN6O2S2. The van der Waals surface area contributed by atoms with Crippen LogP contribution in [0.1, 0.15) is 65.0 Å². The van der Waals surface area contributed by atoms with E-state index >= 15 is 0 Å². The van der Waals surface area contributed by atoms with Gasteiger partial charge < -0.3 is 10.1 Å². The van der Waals surface area contributed by atoms with Gasteiger partial charge in [0.15, 0.2) is 0 Å². The van der Waals surface area contributed by atoms with Gasteiger partial charge >= 0.3 is 6.09 Å². The number of nitrogens with zero attached hydrogens (tertiary/aromatic N) is 5. The summed E-state index contributed by atoms with van der Waals surface area (Å²) in [5.41, 5.74) is 4.39. The number of alkyl carbamates (subject to hydrolysis) is 1. The van der Waals surface area contributed by atoms with Gasteiger partial charge in [0.1, 0.15) is 5.60 Å². The van der Waals surface area contributed by atoms with Gasteiger partial charge in [-0.3, -0.25) is 9.97 Å². The van der Waals surface area contributed by atoms with Gasteiger partial charge in [0.25, 0.3) is 0 Å². The van der Waals surface area contributed by atoms with E-state index in [4.69, 9.17) is 14.7 Å². The van der Waals surface area contributed by atoms with E-state index in [1.165, 1.54) is 6.42 Å². The first-order valence-electron chi connectivity index (χ1n) is 13.6. The molecule has 1 N–H and O–H groups in total. The fraction of sp³-hybridized carbons (Fsp3) is 0.571. The number of ether oxygens (including phenoxy) is 1. The molecule has 210 valence electrons. The molecule has 11 heteroatoms. The first-order chi connectivity index (χ1) is 18.6. The van der Waals surface area contributed by atoms with E-state index in [1.807, 2.05) is 45.1 Å². The Kier molecular flexibility index (Phi) is 9.11. The molecular weight excluding hydrogens is 643 g/mol. The zero-order valence-corrected chi connectivity index (χ0v) is 27.0. The number of rotatable bonds is 5. The smallest absolute Gasteiger partial charge is 0.407 e. The quantitative estimate of drug-likeness (QED) is 0.238. The molecule has 0 unspecified atom stereocenters. The molecule has 0 bridgehead atoms. The highest BCUT2D eigenvalue weighted by Crippen LogP contribution is 2.40. The predicted molar refractivity (Wildman–Crippen MR) is 167 cm³/mol. The Morgan fingerprint density at radius 1 is 1.00 bits per heavy atom. The summed E-state index contributed by atoms with van der Waals surface area (Å²) in [7, 11) is 0. The summed E-state index contributed by atoms with van der Waals surface area (Å²) >= 11 is 5.62. The first kappa shape index (κ1) is 29.1. The van der Waals surface area contributed by atoms with Crippen LogP contribution in [0.5, 0.6) is 0 Å². The van der Waals surface area contributed by atoms with E-state index in [-0.39, 0.29) is 12.1 Å². The molecule has 1 aliphatic carbocycles. The number of pyridine rings is 2. The maximum atomic E-state index is 12.1. The summed E-state index contributed by atoms with van der Waals surface area (Å²) in [5, 5.41) is 3.01. The van der Waals surface area contributed by atoms with Crippen molar-refractivity contribution >= 4 is 58.6 Å². The minimum absolute atomic E-state index is 0.136. The highest BCUT2D eigenvalue weighted by Gasteiger charge is 2.30. The van der Waals surface area contributed by atoms with Gasteiger partial charge in [-0.1, -0.05) is 13.8 Å². The topological polar surface area (TPSA) is 83.0 Å². The third kappa shape index (κ3) is 7.27. The van der Waals surface area contributed by atoms with Crippen molar-refractivity contribution in [3.8, 4) is 11.4 Å². The second-order valence-corrected chi connectivity index (χ2v) is 14.7. The minimum atomic E-state index is -0.485. The number of hydrogen-bond acceptors (Lipinski definition) is 9. The Balaban J connectivity index is 1.22. The van der Waals surface area contributed by atoms with Crippen LogP contribution < -0.4 is 5.32 Å². The first-order valence-corrected chi connectivity index (χ1v) is 16.1. The molecule has 2 fully saturated rings. The van der Waals surface area contributed by atoms with Gasteiger partial charge in [0, 0.05) is 65.5 Å². The molecule has 1 amide bonds. The molecule has 2 atom stereocenters. The summed E-state index contributed by atoms with van der Waals surface area (Å²) in [5.74, 6) is 1.43. The van der Waals surface area contributed by atoms with Gasteiger partial charge in [0.05, 0.1) is 40.0 Å². The molecule has 2 aliphatic heterocycles. The van der Waals surface area contributed by atoms with Gasteiger partial charge in [-0.15, -0.1) is 0 Å². The second-order valence-electron chi connectivity index (χ2n) is 11.9. The number of piperidine rings is 2. The standard InChI is InChI=1S/C28H37IN6O2S2/c1-17-10-18(2)16-35(15-17)39-21-12-23-24(33-29)22-11-20(13-30-25(22)26(23)31-14-21)38-34-8-6-19(7-9-34)32-27(36)37-28(3,4)5/h11-14,17-19H,6-10,15-16H2,1-5H3,(H,32,36)/b33-24+/t17-,18+. The Morgan fingerprint density at radius 3 is 2.05 bits per heavy atom. The fourth-order valence-corrected chi connectivity index (χ4v) is 8.22. The molecule has 2 aromatic heterocycles. The van der Waals surface area contributed by atoms with Crippen LogP contribution in [-0.4, -0.2) is 68.2 Å². The van der Waals surface area contributed by atoms with Crippen LogP contribution in [0.25, 0.3) is 11.4 Å². The van der Waals surface area contributed by atoms with Crippen molar-refractivity contribution < 1.29 is 9.53 Å². The fourth-order valence-electron chi connectivity index (χ4n) is 5.51. The van der Waals surface area contributed by atoms with E-state index in [0.717, 1.165) is 77.0 Å².